The van der Waals surface area contributed by atoms with E-state index in [4.69, 9.17) is 9.15 Å². The van der Waals surface area contributed by atoms with Crippen LogP contribution < -0.4 is 10.6 Å². The first-order chi connectivity index (χ1) is 11.5. The van der Waals surface area contributed by atoms with Gasteiger partial charge in [0.2, 0.25) is 5.91 Å². The minimum absolute atomic E-state index is 0.0245. The maximum Gasteiger partial charge on any atom is 0.255 e. The van der Waals surface area contributed by atoms with Gasteiger partial charge in [-0.15, -0.1) is 0 Å². The summed E-state index contributed by atoms with van der Waals surface area (Å²) >= 11 is 0. The lowest BCUT2D eigenvalue weighted by molar-refractivity contribution is -0.131. The van der Waals surface area contributed by atoms with Crippen molar-refractivity contribution in [2.24, 2.45) is 5.41 Å². The van der Waals surface area contributed by atoms with Crippen LogP contribution in [0.25, 0.3) is 0 Å². The van der Waals surface area contributed by atoms with Crippen molar-refractivity contribution in [3.05, 3.63) is 24.2 Å². The average Bonchev–Trinajstić information content (AvgIpc) is 3.11. The highest BCUT2D eigenvalue weighted by Gasteiger charge is 2.47. The highest BCUT2D eigenvalue weighted by Crippen LogP contribution is 2.25. The van der Waals surface area contributed by atoms with Gasteiger partial charge in [-0.3, -0.25) is 14.4 Å². The van der Waals surface area contributed by atoms with Crippen LogP contribution in [0.1, 0.15) is 51.4 Å². The van der Waals surface area contributed by atoms with Crippen LogP contribution in [-0.4, -0.2) is 41.9 Å². The third kappa shape index (κ3) is 4.48. The second kappa shape index (κ2) is 7.00. The zero-order valence-electron chi connectivity index (χ0n) is 15.3. The summed E-state index contributed by atoms with van der Waals surface area (Å²) in [5.41, 5.74) is -0.950. The first-order valence-corrected chi connectivity index (χ1v) is 8.33. The van der Waals surface area contributed by atoms with Crippen LogP contribution in [0.5, 0.6) is 0 Å². The Hall–Kier alpha value is -2.15. The monoisotopic (exact) mass is 350 g/mol. The molecule has 0 aromatic carbocycles. The maximum absolute atomic E-state index is 12.8. The molecule has 0 radical (unpaired) electrons. The highest BCUT2D eigenvalue weighted by atomic mass is 16.5. The Kier molecular flexibility index (Phi) is 5.37. The number of rotatable bonds is 5. The lowest BCUT2D eigenvalue weighted by Gasteiger charge is -2.32. The number of ketones is 1. The summed E-state index contributed by atoms with van der Waals surface area (Å²) in [5, 5.41) is 5.51. The van der Waals surface area contributed by atoms with Crippen LogP contribution in [-0.2, 0) is 14.3 Å². The quantitative estimate of drug-likeness (QED) is 0.842. The van der Waals surface area contributed by atoms with E-state index in [1.807, 2.05) is 20.8 Å². The summed E-state index contributed by atoms with van der Waals surface area (Å²) in [6.07, 6.45) is 2.70. The molecule has 7 nitrogen and oxygen atoms in total. The summed E-state index contributed by atoms with van der Waals surface area (Å²) in [6, 6.07) is 0.749. The third-order valence-electron chi connectivity index (χ3n) is 4.46. The molecule has 1 saturated heterocycles. The van der Waals surface area contributed by atoms with Gasteiger partial charge in [0.15, 0.2) is 5.78 Å². The molecular formula is C18H26N2O5. The molecule has 1 aromatic rings. The molecule has 0 bridgehead atoms. The molecule has 2 rings (SSSR count). The fraction of sp³-hybridized carbons (Fsp3) is 0.611. The van der Waals surface area contributed by atoms with Crippen molar-refractivity contribution < 1.29 is 23.5 Å². The average molecular weight is 350 g/mol. The van der Waals surface area contributed by atoms with Gasteiger partial charge in [-0.2, -0.15) is 0 Å². The van der Waals surface area contributed by atoms with Gasteiger partial charge in [0.1, 0.15) is 24.5 Å². The summed E-state index contributed by atoms with van der Waals surface area (Å²) in [5.74, 6) is -0.977. The standard InChI is InChI=1S/C18H26N2O5/c1-11-18(5,14(21)10-25-11)20-16(23)13(8-17(2,3)4)19-15(22)12-6-7-24-9-12/h6-7,9,11,13H,8,10H2,1-5H3,(H,19,22)(H,20,23)/t11-,13+,18-/m1/s1. The first-order valence-electron chi connectivity index (χ1n) is 8.33. The highest BCUT2D eigenvalue weighted by molar-refractivity contribution is 6.00. The van der Waals surface area contributed by atoms with Crippen LogP contribution in [0.3, 0.4) is 0 Å². The van der Waals surface area contributed by atoms with Crippen molar-refractivity contribution in [3.63, 3.8) is 0 Å². The second-order valence-corrected chi connectivity index (χ2v) is 7.87. The fourth-order valence-electron chi connectivity index (χ4n) is 2.72. The molecule has 1 aliphatic rings. The smallest absolute Gasteiger partial charge is 0.255 e. The van der Waals surface area contributed by atoms with Gasteiger partial charge in [-0.05, 0) is 31.7 Å². The Labute approximate surface area is 147 Å². The van der Waals surface area contributed by atoms with Crippen LogP contribution in [0.2, 0.25) is 0 Å². The number of hydrogen-bond acceptors (Lipinski definition) is 5. The minimum Gasteiger partial charge on any atom is -0.472 e. The van der Waals surface area contributed by atoms with Crippen molar-refractivity contribution in [1.29, 1.82) is 0 Å². The Morgan fingerprint density at radius 3 is 2.56 bits per heavy atom. The molecule has 138 valence electrons. The van der Waals surface area contributed by atoms with Gasteiger partial charge in [0.25, 0.3) is 5.91 Å². The van der Waals surface area contributed by atoms with Crippen molar-refractivity contribution in [3.8, 4) is 0 Å². The third-order valence-corrected chi connectivity index (χ3v) is 4.46. The molecule has 2 amide bonds. The zero-order chi connectivity index (χ0) is 18.8. The molecule has 1 aliphatic heterocycles. The largest absolute Gasteiger partial charge is 0.472 e. The van der Waals surface area contributed by atoms with E-state index >= 15 is 0 Å². The Bertz CT molecular complexity index is 647. The molecule has 3 atom stereocenters. The van der Waals surface area contributed by atoms with E-state index in [0.717, 1.165) is 0 Å². The number of ether oxygens (including phenoxy) is 1. The van der Waals surface area contributed by atoms with E-state index in [1.165, 1.54) is 18.6 Å². The van der Waals surface area contributed by atoms with E-state index in [1.54, 1.807) is 13.8 Å². The number of hydrogen-bond donors (Lipinski definition) is 2. The van der Waals surface area contributed by atoms with Gasteiger partial charge in [0, 0.05) is 0 Å². The Balaban J connectivity index is 2.15. The normalized spacial score (nSPS) is 24.8. The number of Topliss-reactive ketones (excluding diaryl/α,β-unsaturated/α-hetero) is 1. The van der Waals surface area contributed by atoms with Crippen molar-refractivity contribution in [2.75, 3.05) is 6.61 Å². The van der Waals surface area contributed by atoms with E-state index < -0.39 is 29.5 Å². The number of nitrogens with one attached hydrogen (secondary N) is 2. The molecule has 0 saturated carbocycles. The minimum atomic E-state index is -1.09. The molecule has 2 N–H and O–H groups in total. The van der Waals surface area contributed by atoms with E-state index in [9.17, 15) is 14.4 Å². The molecule has 0 aliphatic carbocycles. The second-order valence-electron chi connectivity index (χ2n) is 7.87. The van der Waals surface area contributed by atoms with Gasteiger partial charge in [0.05, 0.1) is 17.9 Å². The Morgan fingerprint density at radius 2 is 2.08 bits per heavy atom. The van der Waals surface area contributed by atoms with Crippen LogP contribution in [0.15, 0.2) is 23.0 Å². The number of carbonyl (C=O) groups is 3. The number of furan rings is 1. The van der Waals surface area contributed by atoms with E-state index in [2.05, 4.69) is 10.6 Å². The molecule has 2 heterocycles. The molecule has 1 aromatic heterocycles. The Morgan fingerprint density at radius 1 is 1.40 bits per heavy atom. The molecule has 0 unspecified atom stereocenters. The number of carbonyl (C=O) groups excluding carboxylic acids is 3. The predicted octanol–water partition coefficient (Wildman–Crippen LogP) is 1.68. The van der Waals surface area contributed by atoms with Crippen molar-refractivity contribution in [2.45, 2.75) is 58.7 Å². The summed E-state index contributed by atoms with van der Waals surface area (Å²) in [7, 11) is 0. The summed E-state index contributed by atoms with van der Waals surface area (Å²) in [4.78, 5) is 37.3. The topological polar surface area (TPSA) is 97.6 Å². The summed E-state index contributed by atoms with van der Waals surface area (Å²) in [6.45, 7) is 9.30. The fourth-order valence-corrected chi connectivity index (χ4v) is 2.72. The van der Waals surface area contributed by atoms with E-state index in [-0.39, 0.29) is 17.8 Å². The first kappa shape index (κ1) is 19.2. The van der Waals surface area contributed by atoms with Gasteiger partial charge in [-0.25, -0.2) is 0 Å². The van der Waals surface area contributed by atoms with Crippen molar-refractivity contribution >= 4 is 17.6 Å². The molecule has 0 spiro atoms. The van der Waals surface area contributed by atoms with Gasteiger partial charge in [-0.1, -0.05) is 20.8 Å². The van der Waals surface area contributed by atoms with Crippen LogP contribution in [0, 0.1) is 5.41 Å². The zero-order valence-corrected chi connectivity index (χ0v) is 15.3. The molecule has 1 fully saturated rings. The van der Waals surface area contributed by atoms with Crippen LogP contribution in [0.4, 0.5) is 0 Å². The summed E-state index contributed by atoms with van der Waals surface area (Å²) < 4.78 is 10.2. The molecule has 25 heavy (non-hydrogen) atoms. The van der Waals surface area contributed by atoms with Crippen LogP contribution >= 0.6 is 0 Å². The number of amides is 2. The lowest BCUT2D eigenvalue weighted by atomic mass is 9.86. The molecular weight excluding hydrogens is 324 g/mol. The van der Waals surface area contributed by atoms with Crippen molar-refractivity contribution in [1.82, 2.24) is 10.6 Å². The lowest BCUT2D eigenvalue weighted by Crippen LogP contribution is -2.60. The van der Waals surface area contributed by atoms with Gasteiger partial charge < -0.3 is 19.8 Å². The van der Waals surface area contributed by atoms with E-state index in [0.29, 0.717) is 12.0 Å². The SMILES string of the molecule is C[C@H]1OCC(=O)[C@]1(C)NC(=O)[C@H](CC(C)(C)C)NC(=O)c1ccoc1. The maximum atomic E-state index is 12.8. The predicted molar refractivity (Wildman–Crippen MR) is 91.0 cm³/mol. The molecule has 7 heteroatoms. The van der Waals surface area contributed by atoms with Gasteiger partial charge >= 0.3 is 0 Å².